The molecule has 2 heterocycles. The van der Waals surface area contributed by atoms with Crippen LogP contribution in [0.1, 0.15) is 15.8 Å². The van der Waals surface area contributed by atoms with Gasteiger partial charge in [0, 0.05) is 11.1 Å². The van der Waals surface area contributed by atoms with Crippen molar-refractivity contribution in [1.82, 2.24) is 3.11 Å². The van der Waals surface area contributed by atoms with Crippen LogP contribution in [-0.2, 0) is 0 Å². The topological polar surface area (TPSA) is 3.24 Å². The lowest BCUT2D eigenvalue weighted by Crippen LogP contribution is -2.09. The lowest BCUT2D eigenvalue weighted by atomic mass is 10.2. The van der Waals surface area contributed by atoms with Crippen LogP contribution in [-0.4, -0.2) is 3.11 Å². The van der Waals surface area contributed by atoms with E-state index in [1.54, 1.807) is 11.3 Å². The Balaban J connectivity index is 2.48. The van der Waals surface area contributed by atoms with Gasteiger partial charge in [-0.3, -0.25) is 0 Å². The van der Waals surface area contributed by atoms with Crippen molar-refractivity contribution in [2.75, 3.05) is 0 Å². The number of fused-ring (bicyclic) bond motifs is 1. The highest BCUT2D eigenvalue weighted by atomic mass is 127. The molecule has 1 aliphatic heterocycles. The average Bonchev–Trinajstić information content (AvgIpc) is 2.45. The second-order valence-electron chi connectivity index (χ2n) is 2.27. The van der Waals surface area contributed by atoms with Crippen molar-refractivity contribution < 1.29 is 0 Å². The summed E-state index contributed by atoms with van der Waals surface area (Å²) in [5.74, 6) is 0. The summed E-state index contributed by atoms with van der Waals surface area (Å²) < 4.78 is 2.07. The Labute approximate surface area is 89.0 Å². The monoisotopic (exact) mass is 295 g/mol. The molecule has 2 rings (SSSR count). The number of halogens is 1. The molecule has 0 saturated carbocycles. The summed E-state index contributed by atoms with van der Waals surface area (Å²) in [5, 5.41) is 2.34. The van der Waals surface area contributed by atoms with Crippen molar-refractivity contribution in [3.05, 3.63) is 28.1 Å². The van der Waals surface area contributed by atoms with E-state index in [9.17, 15) is 0 Å². The smallest absolute Gasteiger partial charge is 0.116 e. The summed E-state index contributed by atoms with van der Waals surface area (Å²) in [6.07, 6.45) is 4.16. The fourth-order valence-electron chi connectivity index (χ4n) is 1.02. The van der Waals surface area contributed by atoms with Crippen molar-refractivity contribution in [2.24, 2.45) is 0 Å². The molecule has 1 aromatic rings. The van der Waals surface area contributed by atoms with Gasteiger partial charge in [-0.25, -0.2) is 0 Å². The first-order chi connectivity index (χ1) is 5.29. The van der Waals surface area contributed by atoms with Crippen LogP contribution in [0.3, 0.4) is 0 Å². The number of thiol groups is 1. The minimum Gasteiger partial charge on any atom is -0.304 e. The average molecular weight is 295 g/mol. The molecule has 1 aliphatic rings. The van der Waals surface area contributed by atoms with Crippen LogP contribution in [0, 0.1) is 0 Å². The highest BCUT2D eigenvalue weighted by molar-refractivity contribution is 14.1. The molecule has 0 radical (unpaired) electrons. The molecule has 4 heteroatoms. The van der Waals surface area contributed by atoms with Gasteiger partial charge in [0.1, 0.15) is 5.37 Å². The van der Waals surface area contributed by atoms with Gasteiger partial charge in [-0.05, 0) is 23.1 Å². The predicted octanol–water partition coefficient (Wildman–Crippen LogP) is 3.31. The third-order valence-electron chi connectivity index (χ3n) is 1.59. The molecule has 0 bridgehead atoms. The Bertz CT molecular complexity index is 294. The summed E-state index contributed by atoms with van der Waals surface area (Å²) in [6, 6.07) is 2.13. The molecule has 1 unspecified atom stereocenters. The molecule has 0 fully saturated rings. The van der Waals surface area contributed by atoms with Gasteiger partial charge in [-0.1, -0.05) is 0 Å². The quantitative estimate of drug-likeness (QED) is 0.436. The summed E-state index contributed by atoms with van der Waals surface area (Å²) in [4.78, 5) is 1.34. The van der Waals surface area contributed by atoms with Crippen LogP contribution in [0.4, 0.5) is 0 Å². The molecule has 11 heavy (non-hydrogen) atoms. The molecule has 0 amide bonds. The Hall–Kier alpha value is 0.320. The van der Waals surface area contributed by atoms with E-state index in [-0.39, 0.29) is 5.37 Å². The van der Waals surface area contributed by atoms with E-state index in [1.165, 1.54) is 10.4 Å². The summed E-state index contributed by atoms with van der Waals surface area (Å²) in [5.41, 5.74) is 1.31. The molecule has 0 saturated heterocycles. The molecule has 1 atom stereocenters. The van der Waals surface area contributed by atoms with E-state index in [4.69, 9.17) is 0 Å². The number of rotatable bonds is 0. The minimum atomic E-state index is 0.232. The molecular formula is C7H6INS2. The number of nitrogens with zero attached hydrogens (tertiary/aromatic N) is 1. The van der Waals surface area contributed by atoms with E-state index in [2.05, 4.69) is 56.1 Å². The normalized spacial score (nSPS) is 22.0. The number of thiophene rings is 1. The molecule has 0 aliphatic carbocycles. The first-order valence-corrected chi connectivity index (χ1v) is 5.53. The largest absolute Gasteiger partial charge is 0.304 e. The van der Waals surface area contributed by atoms with E-state index in [1.807, 2.05) is 6.20 Å². The van der Waals surface area contributed by atoms with E-state index in [0.29, 0.717) is 0 Å². The highest BCUT2D eigenvalue weighted by Crippen LogP contribution is 2.38. The first kappa shape index (κ1) is 7.94. The molecule has 0 N–H and O–H groups in total. The Morgan fingerprint density at radius 2 is 2.45 bits per heavy atom. The summed E-state index contributed by atoms with van der Waals surface area (Å²) in [6.45, 7) is 0. The van der Waals surface area contributed by atoms with Crippen LogP contribution in [0.15, 0.2) is 17.6 Å². The van der Waals surface area contributed by atoms with Gasteiger partial charge in [-0.15, -0.1) is 24.0 Å². The molecular weight excluding hydrogens is 289 g/mol. The standard InChI is InChI=1S/C7H6INS2/c8-9-3-1-5-2-4-11-6(5)7(9)10/h1-4,7,10H. The van der Waals surface area contributed by atoms with Gasteiger partial charge >= 0.3 is 0 Å². The lowest BCUT2D eigenvalue weighted by Gasteiger charge is -2.22. The fourth-order valence-corrected chi connectivity index (χ4v) is 2.93. The second kappa shape index (κ2) is 2.99. The maximum Gasteiger partial charge on any atom is 0.116 e. The second-order valence-corrected chi connectivity index (χ2v) is 4.82. The highest BCUT2D eigenvalue weighted by Gasteiger charge is 2.18. The Morgan fingerprint density at radius 3 is 3.27 bits per heavy atom. The zero-order valence-electron chi connectivity index (χ0n) is 5.57. The van der Waals surface area contributed by atoms with Crippen molar-refractivity contribution in [2.45, 2.75) is 5.37 Å². The van der Waals surface area contributed by atoms with Gasteiger partial charge in [0.15, 0.2) is 0 Å². The number of hydrogen-bond acceptors (Lipinski definition) is 3. The predicted molar refractivity (Wildman–Crippen MR) is 60.9 cm³/mol. The molecule has 0 aromatic carbocycles. The fraction of sp³-hybridized carbons (Fsp3) is 0.143. The van der Waals surface area contributed by atoms with Gasteiger partial charge < -0.3 is 3.11 Å². The van der Waals surface area contributed by atoms with Crippen LogP contribution in [0.25, 0.3) is 6.08 Å². The zero-order valence-corrected chi connectivity index (χ0v) is 9.44. The van der Waals surface area contributed by atoms with Gasteiger partial charge in [-0.2, -0.15) is 0 Å². The van der Waals surface area contributed by atoms with Crippen molar-refractivity contribution in [3.8, 4) is 0 Å². The van der Waals surface area contributed by atoms with Crippen molar-refractivity contribution in [3.63, 3.8) is 0 Å². The maximum absolute atomic E-state index is 4.48. The van der Waals surface area contributed by atoms with Crippen LogP contribution >= 0.6 is 46.8 Å². The number of hydrogen-bond donors (Lipinski definition) is 1. The molecule has 58 valence electrons. The Morgan fingerprint density at radius 1 is 1.64 bits per heavy atom. The molecule has 1 aromatic heterocycles. The van der Waals surface area contributed by atoms with Gasteiger partial charge in [0.05, 0.1) is 22.9 Å². The Kier molecular flexibility index (Phi) is 2.16. The summed E-state index contributed by atoms with van der Waals surface area (Å²) in [7, 11) is 0. The van der Waals surface area contributed by atoms with Crippen LogP contribution in [0.5, 0.6) is 0 Å². The molecule has 0 spiro atoms. The van der Waals surface area contributed by atoms with Crippen LogP contribution in [0.2, 0.25) is 0 Å². The van der Waals surface area contributed by atoms with Crippen molar-refractivity contribution >= 4 is 52.9 Å². The SMILES string of the molecule is SC1c2sccc2C=CN1I. The third kappa shape index (κ3) is 1.31. The van der Waals surface area contributed by atoms with Gasteiger partial charge in [0.2, 0.25) is 0 Å². The van der Waals surface area contributed by atoms with Crippen LogP contribution < -0.4 is 0 Å². The lowest BCUT2D eigenvalue weighted by molar-refractivity contribution is 0.654. The van der Waals surface area contributed by atoms with Gasteiger partial charge in [0.25, 0.3) is 0 Å². The van der Waals surface area contributed by atoms with E-state index < -0.39 is 0 Å². The maximum atomic E-state index is 4.48. The van der Waals surface area contributed by atoms with E-state index >= 15 is 0 Å². The molecule has 1 nitrogen and oxygen atoms in total. The first-order valence-electron chi connectivity index (χ1n) is 3.17. The van der Waals surface area contributed by atoms with Crippen molar-refractivity contribution in [1.29, 1.82) is 0 Å². The zero-order chi connectivity index (χ0) is 7.84. The third-order valence-corrected chi connectivity index (χ3v) is 4.58. The minimum absolute atomic E-state index is 0.232. The van der Waals surface area contributed by atoms with E-state index in [0.717, 1.165) is 0 Å². The summed E-state index contributed by atoms with van der Waals surface area (Å²) >= 11 is 8.50.